The van der Waals surface area contributed by atoms with E-state index in [1.807, 2.05) is 31.2 Å². The third-order valence-electron chi connectivity index (χ3n) is 2.69. The van der Waals surface area contributed by atoms with Crippen LogP contribution >= 0.6 is 23.2 Å². The standard InChI is InChI=1S/C13H13Cl2N3/c1-8-5-6-17-11(7-8)13(18-16)9-3-2-4-10(14)12(9)15/h2-7,13,18H,16H2,1H3. The number of hydrazine groups is 1. The summed E-state index contributed by atoms with van der Waals surface area (Å²) in [6, 6.07) is 9.06. The fraction of sp³-hybridized carbons (Fsp3) is 0.154. The molecule has 0 aliphatic rings. The van der Waals surface area contributed by atoms with Crippen LogP contribution in [-0.2, 0) is 0 Å². The number of nitrogens with two attached hydrogens (primary N) is 1. The molecule has 1 heterocycles. The number of pyridine rings is 1. The quantitative estimate of drug-likeness (QED) is 0.671. The molecule has 0 fully saturated rings. The molecule has 94 valence electrons. The van der Waals surface area contributed by atoms with Crippen molar-refractivity contribution in [1.82, 2.24) is 10.4 Å². The summed E-state index contributed by atoms with van der Waals surface area (Å²) in [4.78, 5) is 4.31. The second-order valence-corrected chi connectivity index (χ2v) is 4.79. The molecule has 1 unspecified atom stereocenters. The first kappa shape index (κ1) is 13.3. The van der Waals surface area contributed by atoms with Gasteiger partial charge in [0.25, 0.3) is 0 Å². The Kier molecular flexibility index (Phi) is 4.19. The van der Waals surface area contributed by atoms with Gasteiger partial charge in [-0.1, -0.05) is 35.3 Å². The molecule has 3 nitrogen and oxygen atoms in total. The predicted octanol–water partition coefficient (Wildman–Crippen LogP) is 3.25. The van der Waals surface area contributed by atoms with Crippen LogP contribution in [0.1, 0.15) is 22.9 Å². The molecule has 1 atom stereocenters. The number of hydrogen-bond acceptors (Lipinski definition) is 3. The zero-order valence-corrected chi connectivity index (χ0v) is 11.3. The Morgan fingerprint density at radius 3 is 2.72 bits per heavy atom. The SMILES string of the molecule is Cc1ccnc(C(NN)c2cccc(Cl)c2Cl)c1. The summed E-state index contributed by atoms with van der Waals surface area (Å²) in [7, 11) is 0. The minimum Gasteiger partial charge on any atom is -0.271 e. The first-order valence-corrected chi connectivity index (χ1v) is 6.21. The number of hydrogen-bond donors (Lipinski definition) is 2. The van der Waals surface area contributed by atoms with Crippen molar-refractivity contribution >= 4 is 23.2 Å². The van der Waals surface area contributed by atoms with Crippen LogP contribution in [-0.4, -0.2) is 4.98 Å². The van der Waals surface area contributed by atoms with E-state index < -0.39 is 0 Å². The highest BCUT2D eigenvalue weighted by Crippen LogP contribution is 2.32. The van der Waals surface area contributed by atoms with Gasteiger partial charge in [0.1, 0.15) is 0 Å². The molecule has 0 aliphatic carbocycles. The van der Waals surface area contributed by atoms with Crippen molar-refractivity contribution in [2.24, 2.45) is 5.84 Å². The number of rotatable bonds is 3. The van der Waals surface area contributed by atoms with Crippen molar-refractivity contribution in [3.63, 3.8) is 0 Å². The summed E-state index contributed by atoms with van der Waals surface area (Å²) in [6.07, 6.45) is 1.74. The van der Waals surface area contributed by atoms with Gasteiger partial charge in [-0.2, -0.15) is 0 Å². The van der Waals surface area contributed by atoms with Gasteiger partial charge in [0.05, 0.1) is 21.8 Å². The Hall–Kier alpha value is -1.13. The smallest absolute Gasteiger partial charge is 0.0896 e. The van der Waals surface area contributed by atoms with Crippen molar-refractivity contribution in [3.8, 4) is 0 Å². The third kappa shape index (κ3) is 2.65. The number of halogens is 2. The van der Waals surface area contributed by atoms with E-state index >= 15 is 0 Å². The van der Waals surface area contributed by atoms with Crippen molar-refractivity contribution < 1.29 is 0 Å². The molecule has 0 spiro atoms. The maximum absolute atomic E-state index is 6.20. The van der Waals surface area contributed by atoms with Crippen molar-refractivity contribution in [1.29, 1.82) is 0 Å². The molecule has 0 amide bonds. The van der Waals surface area contributed by atoms with E-state index in [9.17, 15) is 0 Å². The zero-order valence-electron chi connectivity index (χ0n) is 9.82. The van der Waals surface area contributed by atoms with Crippen LogP contribution in [0.5, 0.6) is 0 Å². The summed E-state index contributed by atoms with van der Waals surface area (Å²) in [5.74, 6) is 5.61. The Morgan fingerprint density at radius 1 is 1.28 bits per heavy atom. The van der Waals surface area contributed by atoms with Gasteiger partial charge in [-0.05, 0) is 36.2 Å². The lowest BCUT2D eigenvalue weighted by Gasteiger charge is -2.18. The molecule has 1 aromatic heterocycles. The molecular weight excluding hydrogens is 269 g/mol. The molecule has 2 aromatic rings. The van der Waals surface area contributed by atoms with Gasteiger partial charge in [0.2, 0.25) is 0 Å². The van der Waals surface area contributed by atoms with Crippen LogP contribution < -0.4 is 11.3 Å². The number of nitrogens with zero attached hydrogens (tertiary/aromatic N) is 1. The lowest BCUT2D eigenvalue weighted by molar-refractivity contribution is 0.620. The van der Waals surface area contributed by atoms with Crippen molar-refractivity contribution in [3.05, 3.63) is 63.4 Å². The molecule has 0 aliphatic heterocycles. The highest BCUT2D eigenvalue weighted by Gasteiger charge is 2.18. The third-order valence-corrected chi connectivity index (χ3v) is 3.53. The number of nitrogens with one attached hydrogen (secondary N) is 1. The summed E-state index contributed by atoms with van der Waals surface area (Å²) < 4.78 is 0. The van der Waals surface area contributed by atoms with Crippen molar-refractivity contribution in [2.45, 2.75) is 13.0 Å². The van der Waals surface area contributed by atoms with E-state index in [1.54, 1.807) is 12.3 Å². The summed E-state index contributed by atoms with van der Waals surface area (Å²) in [5.41, 5.74) is 5.45. The van der Waals surface area contributed by atoms with Crippen LogP contribution in [0.4, 0.5) is 0 Å². The number of aromatic nitrogens is 1. The average molecular weight is 282 g/mol. The Balaban J connectivity index is 2.49. The number of aryl methyl sites for hydroxylation is 1. The highest BCUT2D eigenvalue weighted by molar-refractivity contribution is 6.42. The molecule has 0 saturated carbocycles. The summed E-state index contributed by atoms with van der Waals surface area (Å²) >= 11 is 12.2. The molecule has 18 heavy (non-hydrogen) atoms. The second-order valence-electron chi connectivity index (χ2n) is 4.00. The lowest BCUT2D eigenvalue weighted by Crippen LogP contribution is -2.29. The molecule has 0 radical (unpaired) electrons. The summed E-state index contributed by atoms with van der Waals surface area (Å²) in [6.45, 7) is 2.00. The fourth-order valence-electron chi connectivity index (χ4n) is 1.80. The first-order chi connectivity index (χ1) is 8.63. The molecule has 3 N–H and O–H groups in total. The molecule has 1 aromatic carbocycles. The Labute approximate surface area is 116 Å². The van der Waals surface area contributed by atoms with Crippen LogP contribution in [0.25, 0.3) is 0 Å². The van der Waals surface area contributed by atoms with Crippen LogP contribution in [0.15, 0.2) is 36.5 Å². The predicted molar refractivity (Wildman–Crippen MR) is 74.6 cm³/mol. The normalized spacial score (nSPS) is 12.4. The molecule has 5 heteroatoms. The number of benzene rings is 1. The lowest BCUT2D eigenvalue weighted by atomic mass is 10.0. The van der Waals surface area contributed by atoms with Crippen LogP contribution in [0.3, 0.4) is 0 Å². The topological polar surface area (TPSA) is 50.9 Å². The van der Waals surface area contributed by atoms with Gasteiger partial charge in [0, 0.05) is 6.20 Å². The summed E-state index contributed by atoms with van der Waals surface area (Å²) in [5, 5.41) is 0.993. The molecule has 2 rings (SSSR count). The maximum Gasteiger partial charge on any atom is 0.0896 e. The molecular formula is C13H13Cl2N3. The van der Waals surface area contributed by atoms with Gasteiger partial charge in [-0.25, -0.2) is 5.43 Å². The van der Waals surface area contributed by atoms with Gasteiger partial charge >= 0.3 is 0 Å². The van der Waals surface area contributed by atoms with E-state index in [2.05, 4.69) is 10.4 Å². The van der Waals surface area contributed by atoms with Gasteiger partial charge in [-0.15, -0.1) is 0 Å². The van der Waals surface area contributed by atoms with Crippen molar-refractivity contribution in [2.75, 3.05) is 0 Å². The zero-order chi connectivity index (χ0) is 13.1. The van der Waals surface area contributed by atoms with E-state index in [0.717, 1.165) is 16.8 Å². The van der Waals surface area contributed by atoms with E-state index in [0.29, 0.717) is 10.0 Å². The van der Waals surface area contributed by atoms with Gasteiger partial charge < -0.3 is 0 Å². The van der Waals surface area contributed by atoms with E-state index in [4.69, 9.17) is 29.0 Å². The fourth-order valence-corrected chi connectivity index (χ4v) is 2.21. The highest BCUT2D eigenvalue weighted by atomic mass is 35.5. The Morgan fingerprint density at radius 2 is 2.06 bits per heavy atom. The van der Waals surface area contributed by atoms with E-state index in [-0.39, 0.29) is 6.04 Å². The van der Waals surface area contributed by atoms with Crippen LogP contribution in [0, 0.1) is 6.92 Å². The van der Waals surface area contributed by atoms with E-state index in [1.165, 1.54) is 0 Å². The molecule has 0 saturated heterocycles. The second kappa shape index (κ2) is 5.67. The minimum atomic E-state index is -0.281. The van der Waals surface area contributed by atoms with Gasteiger partial charge in [0.15, 0.2) is 0 Å². The minimum absolute atomic E-state index is 0.281. The maximum atomic E-state index is 6.20. The average Bonchev–Trinajstić information content (AvgIpc) is 2.35. The largest absolute Gasteiger partial charge is 0.271 e. The monoisotopic (exact) mass is 281 g/mol. The Bertz CT molecular complexity index is 558. The first-order valence-electron chi connectivity index (χ1n) is 5.46. The van der Waals surface area contributed by atoms with Gasteiger partial charge in [-0.3, -0.25) is 10.8 Å². The molecule has 0 bridgehead atoms. The van der Waals surface area contributed by atoms with Crippen LogP contribution in [0.2, 0.25) is 10.0 Å².